The van der Waals surface area contributed by atoms with Crippen LogP contribution in [0.5, 0.6) is 0 Å². The first kappa shape index (κ1) is 12.2. The summed E-state index contributed by atoms with van der Waals surface area (Å²) in [5.74, 6) is -1.25. The highest BCUT2D eigenvalue weighted by atomic mass is 16.4. The molecule has 0 saturated carbocycles. The lowest BCUT2D eigenvalue weighted by Gasteiger charge is -2.02. The number of para-hydroxylation sites is 1. The summed E-state index contributed by atoms with van der Waals surface area (Å²) in [6.07, 6.45) is 1.44. The van der Waals surface area contributed by atoms with Crippen LogP contribution in [-0.4, -0.2) is 17.0 Å². The summed E-state index contributed by atoms with van der Waals surface area (Å²) < 4.78 is 5.33. The van der Waals surface area contributed by atoms with Crippen molar-refractivity contribution in [3.63, 3.8) is 0 Å². The van der Waals surface area contributed by atoms with E-state index < -0.39 is 5.97 Å². The number of hydrogen-bond donors (Lipinski definition) is 2. The third-order valence-corrected chi connectivity index (χ3v) is 2.60. The Kier molecular flexibility index (Phi) is 3.62. The van der Waals surface area contributed by atoms with E-state index in [0.29, 0.717) is 6.54 Å². The lowest BCUT2D eigenvalue weighted by atomic mass is 10.2. The van der Waals surface area contributed by atoms with E-state index in [-0.39, 0.29) is 18.7 Å². The minimum Gasteiger partial charge on any atom is -0.481 e. The number of carboxylic acid groups (broad SMARTS) is 1. The van der Waals surface area contributed by atoms with E-state index in [0.717, 1.165) is 16.5 Å². The molecule has 2 aromatic rings. The van der Waals surface area contributed by atoms with Crippen molar-refractivity contribution in [1.82, 2.24) is 5.32 Å². The van der Waals surface area contributed by atoms with Crippen LogP contribution in [-0.2, 0) is 16.1 Å². The lowest BCUT2D eigenvalue weighted by Crippen LogP contribution is -2.23. The number of carboxylic acids is 1. The van der Waals surface area contributed by atoms with Gasteiger partial charge in [-0.3, -0.25) is 9.59 Å². The number of hydrogen-bond acceptors (Lipinski definition) is 3. The molecule has 1 aromatic carbocycles. The Balaban J connectivity index is 1.94. The molecule has 0 unspecified atom stereocenters. The van der Waals surface area contributed by atoms with Gasteiger partial charge in [0.25, 0.3) is 0 Å². The van der Waals surface area contributed by atoms with Crippen LogP contribution in [0.1, 0.15) is 18.4 Å². The number of furan rings is 1. The van der Waals surface area contributed by atoms with Crippen LogP contribution < -0.4 is 5.32 Å². The monoisotopic (exact) mass is 247 g/mol. The molecule has 0 fully saturated rings. The highest BCUT2D eigenvalue weighted by Crippen LogP contribution is 2.20. The zero-order chi connectivity index (χ0) is 13.0. The third-order valence-electron chi connectivity index (χ3n) is 2.60. The standard InChI is InChI=1S/C13H13NO4/c15-12(5-6-13(16)17)14-7-9-8-18-11-4-2-1-3-10(9)11/h1-4,8H,5-7H2,(H,14,15)(H,16,17). The number of amides is 1. The molecule has 2 N–H and O–H groups in total. The van der Waals surface area contributed by atoms with Gasteiger partial charge in [0.1, 0.15) is 5.58 Å². The smallest absolute Gasteiger partial charge is 0.303 e. The third kappa shape index (κ3) is 2.88. The van der Waals surface area contributed by atoms with Crippen molar-refractivity contribution in [2.75, 3.05) is 0 Å². The van der Waals surface area contributed by atoms with Gasteiger partial charge in [0, 0.05) is 23.9 Å². The maximum absolute atomic E-state index is 11.4. The number of rotatable bonds is 5. The Bertz CT molecular complexity index is 573. The second-order valence-electron chi connectivity index (χ2n) is 3.93. The molecule has 0 spiro atoms. The first-order valence-electron chi connectivity index (χ1n) is 5.60. The van der Waals surface area contributed by atoms with E-state index in [1.807, 2.05) is 24.3 Å². The molecule has 0 bridgehead atoms. The van der Waals surface area contributed by atoms with E-state index in [1.54, 1.807) is 6.26 Å². The second kappa shape index (κ2) is 5.35. The molecule has 0 aliphatic heterocycles. The maximum atomic E-state index is 11.4. The molecule has 2 rings (SSSR count). The van der Waals surface area contributed by atoms with E-state index in [1.165, 1.54) is 0 Å². The molecule has 0 aliphatic carbocycles. The fraction of sp³-hybridized carbons (Fsp3) is 0.231. The van der Waals surface area contributed by atoms with E-state index in [9.17, 15) is 9.59 Å². The van der Waals surface area contributed by atoms with Crippen LogP contribution in [0, 0.1) is 0 Å². The highest BCUT2D eigenvalue weighted by molar-refractivity contribution is 5.83. The summed E-state index contributed by atoms with van der Waals surface area (Å²) in [7, 11) is 0. The van der Waals surface area contributed by atoms with Gasteiger partial charge in [-0.25, -0.2) is 0 Å². The minimum absolute atomic E-state index is 0.00881. The van der Waals surface area contributed by atoms with Gasteiger partial charge in [0.2, 0.25) is 5.91 Å². The molecular weight excluding hydrogens is 234 g/mol. The fourth-order valence-electron chi connectivity index (χ4n) is 1.67. The molecule has 5 heteroatoms. The van der Waals surface area contributed by atoms with E-state index in [2.05, 4.69) is 5.32 Å². The minimum atomic E-state index is -0.973. The summed E-state index contributed by atoms with van der Waals surface area (Å²) in [4.78, 5) is 21.7. The summed E-state index contributed by atoms with van der Waals surface area (Å²) >= 11 is 0. The predicted octanol–water partition coefficient (Wildman–Crippen LogP) is 1.91. The van der Waals surface area contributed by atoms with Gasteiger partial charge in [-0.2, -0.15) is 0 Å². The van der Waals surface area contributed by atoms with Crippen molar-refractivity contribution in [2.45, 2.75) is 19.4 Å². The van der Waals surface area contributed by atoms with Crippen LogP contribution in [0.4, 0.5) is 0 Å². The quantitative estimate of drug-likeness (QED) is 0.845. The summed E-state index contributed by atoms with van der Waals surface area (Å²) in [6.45, 7) is 0.343. The van der Waals surface area contributed by atoms with Crippen LogP contribution in [0.15, 0.2) is 34.9 Å². The highest BCUT2D eigenvalue weighted by Gasteiger charge is 2.08. The molecular formula is C13H13NO4. The van der Waals surface area contributed by atoms with Gasteiger partial charge in [0.05, 0.1) is 12.7 Å². The second-order valence-corrected chi connectivity index (χ2v) is 3.93. The van der Waals surface area contributed by atoms with Crippen LogP contribution in [0.3, 0.4) is 0 Å². The maximum Gasteiger partial charge on any atom is 0.303 e. The number of fused-ring (bicyclic) bond motifs is 1. The van der Waals surface area contributed by atoms with Crippen molar-refractivity contribution < 1.29 is 19.1 Å². The SMILES string of the molecule is O=C(O)CCC(=O)NCc1coc2ccccc12. The molecule has 1 aromatic heterocycles. The molecule has 1 heterocycles. The summed E-state index contributed by atoms with van der Waals surface area (Å²) in [5.41, 5.74) is 1.65. The zero-order valence-corrected chi connectivity index (χ0v) is 9.68. The zero-order valence-electron chi connectivity index (χ0n) is 9.68. The Morgan fingerprint density at radius 1 is 1.22 bits per heavy atom. The molecule has 0 radical (unpaired) electrons. The van der Waals surface area contributed by atoms with Crippen molar-refractivity contribution in [1.29, 1.82) is 0 Å². The Hall–Kier alpha value is -2.30. The summed E-state index contributed by atoms with van der Waals surface area (Å²) in [5, 5.41) is 12.1. The fourth-order valence-corrected chi connectivity index (χ4v) is 1.67. The van der Waals surface area contributed by atoms with Gasteiger partial charge in [-0.05, 0) is 6.07 Å². The van der Waals surface area contributed by atoms with Crippen LogP contribution >= 0.6 is 0 Å². The largest absolute Gasteiger partial charge is 0.481 e. The molecule has 5 nitrogen and oxygen atoms in total. The van der Waals surface area contributed by atoms with E-state index >= 15 is 0 Å². The van der Waals surface area contributed by atoms with Crippen molar-refractivity contribution in [3.05, 3.63) is 36.1 Å². The van der Waals surface area contributed by atoms with E-state index in [4.69, 9.17) is 9.52 Å². The number of carbonyl (C=O) groups excluding carboxylic acids is 1. The number of nitrogens with one attached hydrogen (secondary N) is 1. The number of benzene rings is 1. The molecule has 94 valence electrons. The number of carbonyl (C=O) groups is 2. The van der Waals surface area contributed by atoms with Gasteiger partial charge in [-0.1, -0.05) is 18.2 Å². The first-order valence-corrected chi connectivity index (χ1v) is 5.60. The Morgan fingerprint density at radius 2 is 2.00 bits per heavy atom. The molecule has 18 heavy (non-hydrogen) atoms. The van der Waals surface area contributed by atoms with Crippen molar-refractivity contribution in [3.8, 4) is 0 Å². The van der Waals surface area contributed by atoms with Crippen LogP contribution in [0.25, 0.3) is 11.0 Å². The average molecular weight is 247 g/mol. The topological polar surface area (TPSA) is 79.5 Å². The van der Waals surface area contributed by atoms with Crippen LogP contribution in [0.2, 0.25) is 0 Å². The van der Waals surface area contributed by atoms with Gasteiger partial charge < -0.3 is 14.8 Å². The normalized spacial score (nSPS) is 10.4. The average Bonchev–Trinajstić information content (AvgIpc) is 2.77. The van der Waals surface area contributed by atoms with Gasteiger partial charge in [-0.15, -0.1) is 0 Å². The number of aliphatic carboxylic acids is 1. The molecule has 0 aliphatic rings. The Morgan fingerprint density at radius 3 is 2.78 bits per heavy atom. The Labute approximate surface area is 103 Å². The first-order chi connectivity index (χ1) is 8.66. The molecule has 0 saturated heterocycles. The molecule has 0 atom stereocenters. The van der Waals surface area contributed by atoms with Crippen molar-refractivity contribution >= 4 is 22.8 Å². The predicted molar refractivity (Wildman–Crippen MR) is 64.9 cm³/mol. The van der Waals surface area contributed by atoms with Gasteiger partial charge >= 0.3 is 5.97 Å². The van der Waals surface area contributed by atoms with Crippen molar-refractivity contribution in [2.24, 2.45) is 0 Å². The molecule has 1 amide bonds. The lowest BCUT2D eigenvalue weighted by molar-refractivity contribution is -0.138. The van der Waals surface area contributed by atoms with Gasteiger partial charge in [0.15, 0.2) is 0 Å². The summed E-state index contributed by atoms with van der Waals surface area (Å²) in [6, 6.07) is 7.54.